The number of likely N-dealkylation sites (N-methyl/N-ethyl adjacent to an activating group) is 1. The van der Waals surface area contributed by atoms with Gasteiger partial charge in [-0.25, -0.2) is 9.97 Å². The van der Waals surface area contributed by atoms with E-state index in [2.05, 4.69) is 21.8 Å². The van der Waals surface area contributed by atoms with E-state index < -0.39 is 0 Å². The quantitative estimate of drug-likeness (QED) is 0.843. The Morgan fingerprint density at radius 1 is 1.59 bits per heavy atom. The van der Waals surface area contributed by atoms with Crippen molar-refractivity contribution < 1.29 is 4.74 Å². The van der Waals surface area contributed by atoms with E-state index in [4.69, 9.17) is 10.5 Å². The molecule has 2 unspecified atom stereocenters. The van der Waals surface area contributed by atoms with Crippen molar-refractivity contribution in [3.8, 4) is 0 Å². The van der Waals surface area contributed by atoms with E-state index in [9.17, 15) is 0 Å². The zero-order valence-electron chi connectivity index (χ0n) is 10.7. The predicted octanol–water partition coefficient (Wildman–Crippen LogP) is 0.857. The highest BCUT2D eigenvalue weighted by atomic mass is 16.5. The van der Waals surface area contributed by atoms with Gasteiger partial charge < -0.3 is 15.4 Å². The third-order valence-corrected chi connectivity index (χ3v) is 3.44. The SMILES string of the molecule is Cc1nc(N(C)C2CCOC2C)ncc1CN. The van der Waals surface area contributed by atoms with Crippen molar-refractivity contribution in [2.75, 3.05) is 18.6 Å². The summed E-state index contributed by atoms with van der Waals surface area (Å²) in [5, 5.41) is 0. The van der Waals surface area contributed by atoms with Crippen LogP contribution in [0, 0.1) is 6.92 Å². The largest absolute Gasteiger partial charge is 0.376 e. The fourth-order valence-corrected chi connectivity index (χ4v) is 2.23. The van der Waals surface area contributed by atoms with E-state index in [0.717, 1.165) is 30.2 Å². The van der Waals surface area contributed by atoms with Gasteiger partial charge in [-0.15, -0.1) is 0 Å². The second kappa shape index (κ2) is 4.98. The van der Waals surface area contributed by atoms with E-state index >= 15 is 0 Å². The lowest BCUT2D eigenvalue weighted by Crippen LogP contribution is -2.38. The molecular weight excluding hydrogens is 216 g/mol. The highest BCUT2D eigenvalue weighted by Gasteiger charge is 2.29. The second-order valence-electron chi connectivity index (χ2n) is 4.53. The summed E-state index contributed by atoms with van der Waals surface area (Å²) in [6.45, 7) is 5.36. The molecule has 1 saturated heterocycles. The van der Waals surface area contributed by atoms with Crippen LogP contribution in [-0.4, -0.2) is 35.8 Å². The van der Waals surface area contributed by atoms with E-state index in [1.165, 1.54) is 0 Å². The molecule has 1 fully saturated rings. The molecule has 1 aromatic rings. The molecule has 0 saturated carbocycles. The lowest BCUT2D eigenvalue weighted by atomic mass is 10.1. The predicted molar refractivity (Wildman–Crippen MR) is 66.9 cm³/mol. The molecule has 0 amide bonds. The van der Waals surface area contributed by atoms with Crippen LogP contribution < -0.4 is 10.6 Å². The molecule has 1 aliphatic rings. The smallest absolute Gasteiger partial charge is 0.225 e. The first-order chi connectivity index (χ1) is 8.13. The van der Waals surface area contributed by atoms with Gasteiger partial charge in [0.2, 0.25) is 5.95 Å². The summed E-state index contributed by atoms with van der Waals surface area (Å²) in [6.07, 6.45) is 3.07. The standard InChI is InChI=1S/C12H20N4O/c1-8-10(6-13)7-14-12(15-8)16(3)11-4-5-17-9(11)2/h7,9,11H,4-6,13H2,1-3H3. The first-order valence-electron chi connectivity index (χ1n) is 6.00. The number of aromatic nitrogens is 2. The number of aryl methyl sites for hydroxylation is 1. The van der Waals surface area contributed by atoms with Gasteiger partial charge in [0.1, 0.15) is 0 Å². The number of nitrogens with zero attached hydrogens (tertiary/aromatic N) is 3. The molecular formula is C12H20N4O. The second-order valence-corrected chi connectivity index (χ2v) is 4.53. The summed E-state index contributed by atoms with van der Waals surface area (Å²) in [5.41, 5.74) is 7.56. The number of nitrogens with two attached hydrogens (primary N) is 1. The van der Waals surface area contributed by atoms with Crippen LogP contribution in [0.4, 0.5) is 5.95 Å². The zero-order chi connectivity index (χ0) is 12.4. The monoisotopic (exact) mass is 236 g/mol. The molecule has 0 radical (unpaired) electrons. The third-order valence-electron chi connectivity index (χ3n) is 3.44. The number of hydrogen-bond donors (Lipinski definition) is 1. The lowest BCUT2D eigenvalue weighted by Gasteiger charge is -2.27. The average Bonchev–Trinajstić information content (AvgIpc) is 2.74. The van der Waals surface area contributed by atoms with Crippen LogP contribution in [0.15, 0.2) is 6.20 Å². The Labute approximate surface area is 102 Å². The molecule has 2 rings (SSSR count). The van der Waals surface area contributed by atoms with Crippen molar-refractivity contribution >= 4 is 5.95 Å². The van der Waals surface area contributed by atoms with E-state index in [1.54, 1.807) is 0 Å². The van der Waals surface area contributed by atoms with Crippen molar-refractivity contribution in [1.29, 1.82) is 0 Å². The molecule has 17 heavy (non-hydrogen) atoms. The molecule has 2 heterocycles. The summed E-state index contributed by atoms with van der Waals surface area (Å²) < 4.78 is 5.57. The minimum Gasteiger partial charge on any atom is -0.376 e. The minimum absolute atomic E-state index is 0.234. The summed E-state index contributed by atoms with van der Waals surface area (Å²) in [6, 6.07) is 0.359. The van der Waals surface area contributed by atoms with Gasteiger partial charge in [-0.1, -0.05) is 0 Å². The number of rotatable bonds is 3. The van der Waals surface area contributed by atoms with Gasteiger partial charge in [-0.3, -0.25) is 0 Å². The fraction of sp³-hybridized carbons (Fsp3) is 0.667. The van der Waals surface area contributed by atoms with Crippen molar-refractivity contribution in [1.82, 2.24) is 9.97 Å². The molecule has 1 aliphatic heterocycles. The van der Waals surface area contributed by atoms with Crippen LogP contribution in [-0.2, 0) is 11.3 Å². The Morgan fingerprint density at radius 2 is 2.35 bits per heavy atom. The van der Waals surface area contributed by atoms with Gasteiger partial charge in [0.15, 0.2) is 0 Å². The van der Waals surface area contributed by atoms with Crippen LogP contribution in [0.25, 0.3) is 0 Å². The molecule has 0 spiro atoms. The number of ether oxygens (including phenoxy) is 1. The van der Waals surface area contributed by atoms with Gasteiger partial charge in [-0.2, -0.15) is 0 Å². The average molecular weight is 236 g/mol. The van der Waals surface area contributed by atoms with Crippen LogP contribution in [0.5, 0.6) is 0 Å². The third kappa shape index (κ3) is 2.40. The van der Waals surface area contributed by atoms with Gasteiger partial charge >= 0.3 is 0 Å². The van der Waals surface area contributed by atoms with Crippen molar-refractivity contribution in [2.24, 2.45) is 5.73 Å². The molecule has 2 atom stereocenters. The fourth-order valence-electron chi connectivity index (χ4n) is 2.23. The van der Waals surface area contributed by atoms with Gasteiger partial charge in [0, 0.05) is 37.7 Å². The Morgan fingerprint density at radius 3 is 2.88 bits per heavy atom. The van der Waals surface area contributed by atoms with Crippen molar-refractivity contribution in [3.05, 3.63) is 17.5 Å². The molecule has 0 aromatic carbocycles. The van der Waals surface area contributed by atoms with Gasteiger partial charge in [0.05, 0.1) is 12.1 Å². The Kier molecular flexibility index (Phi) is 3.59. The maximum absolute atomic E-state index is 5.61. The molecule has 2 N–H and O–H groups in total. The van der Waals surface area contributed by atoms with Gasteiger partial charge in [0.25, 0.3) is 0 Å². The van der Waals surface area contributed by atoms with E-state index in [0.29, 0.717) is 12.6 Å². The summed E-state index contributed by atoms with van der Waals surface area (Å²) in [7, 11) is 2.02. The van der Waals surface area contributed by atoms with Crippen molar-refractivity contribution in [3.63, 3.8) is 0 Å². The Hall–Kier alpha value is -1.20. The van der Waals surface area contributed by atoms with E-state index in [-0.39, 0.29) is 6.10 Å². The molecule has 5 nitrogen and oxygen atoms in total. The first kappa shape index (κ1) is 12.3. The molecule has 0 bridgehead atoms. The minimum atomic E-state index is 0.234. The van der Waals surface area contributed by atoms with Crippen molar-refractivity contribution in [2.45, 2.75) is 39.0 Å². The van der Waals surface area contributed by atoms with E-state index in [1.807, 2.05) is 20.2 Å². The summed E-state index contributed by atoms with van der Waals surface area (Å²) in [5.74, 6) is 0.752. The topological polar surface area (TPSA) is 64.3 Å². The molecule has 1 aromatic heterocycles. The zero-order valence-corrected chi connectivity index (χ0v) is 10.7. The Bertz CT molecular complexity index is 396. The van der Waals surface area contributed by atoms with Gasteiger partial charge in [-0.05, 0) is 20.3 Å². The maximum Gasteiger partial charge on any atom is 0.225 e. The molecule has 94 valence electrons. The number of anilines is 1. The van der Waals surface area contributed by atoms with Crippen LogP contribution in [0.3, 0.4) is 0 Å². The number of hydrogen-bond acceptors (Lipinski definition) is 5. The molecule has 0 aliphatic carbocycles. The normalized spacial score (nSPS) is 24.0. The lowest BCUT2D eigenvalue weighted by molar-refractivity contribution is 0.118. The summed E-state index contributed by atoms with van der Waals surface area (Å²) in [4.78, 5) is 11.0. The highest BCUT2D eigenvalue weighted by molar-refractivity contribution is 5.34. The maximum atomic E-state index is 5.61. The van der Waals surface area contributed by atoms with Crippen LogP contribution in [0.1, 0.15) is 24.6 Å². The van der Waals surface area contributed by atoms with Crippen LogP contribution in [0.2, 0.25) is 0 Å². The first-order valence-corrected chi connectivity index (χ1v) is 6.00. The van der Waals surface area contributed by atoms with Crippen LogP contribution >= 0.6 is 0 Å². The summed E-state index contributed by atoms with van der Waals surface area (Å²) >= 11 is 0. The molecule has 5 heteroatoms. The Balaban J connectivity index is 2.19. The highest BCUT2D eigenvalue weighted by Crippen LogP contribution is 2.22.